The zero-order chi connectivity index (χ0) is 20.7. The number of hydrogen-bond acceptors (Lipinski definition) is 6. The molecule has 0 aliphatic rings. The number of para-hydroxylation sites is 1. The van der Waals surface area contributed by atoms with E-state index in [0.717, 1.165) is 0 Å². The van der Waals surface area contributed by atoms with Gasteiger partial charge in [-0.3, -0.25) is 19.7 Å². The van der Waals surface area contributed by atoms with Crippen LogP contribution in [0.2, 0.25) is 0 Å². The summed E-state index contributed by atoms with van der Waals surface area (Å²) < 4.78 is 40.4. The van der Waals surface area contributed by atoms with Crippen molar-refractivity contribution in [1.29, 1.82) is 0 Å². The van der Waals surface area contributed by atoms with E-state index in [1.54, 1.807) is 29.6 Å². The minimum atomic E-state index is -4.62. The van der Waals surface area contributed by atoms with E-state index in [-0.39, 0.29) is 24.2 Å². The van der Waals surface area contributed by atoms with Crippen molar-refractivity contribution in [3.05, 3.63) is 40.4 Å². The molecule has 0 atom stereocenters. The van der Waals surface area contributed by atoms with Crippen LogP contribution in [0.5, 0.6) is 0 Å². The van der Waals surface area contributed by atoms with Gasteiger partial charge in [0.05, 0.1) is 17.3 Å². The molecule has 28 heavy (non-hydrogen) atoms. The first kappa shape index (κ1) is 20.9. The van der Waals surface area contributed by atoms with Gasteiger partial charge in [0.15, 0.2) is 6.61 Å². The Hall–Kier alpha value is -3.44. The molecule has 0 bridgehead atoms. The minimum absolute atomic E-state index is 0.0343. The highest BCUT2D eigenvalue weighted by Gasteiger charge is 2.28. The Morgan fingerprint density at radius 2 is 1.89 bits per heavy atom. The number of carbonyl (C=O) groups excluding carboxylic acids is 3. The Morgan fingerprint density at radius 1 is 1.18 bits per heavy atom. The first-order chi connectivity index (χ1) is 13.1. The highest BCUT2D eigenvalue weighted by Crippen LogP contribution is 2.11. The number of hydrogen-bond donors (Lipinski definition) is 3. The third-order valence-electron chi connectivity index (χ3n) is 3.29. The van der Waals surface area contributed by atoms with Crippen molar-refractivity contribution >= 4 is 28.8 Å². The van der Waals surface area contributed by atoms with Crippen LogP contribution in [0.1, 0.15) is 12.2 Å². The van der Waals surface area contributed by atoms with Gasteiger partial charge in [-0.1, -0.05) is 12.1 Å². The number of alkyl halides is 3. The number of fused-ring (bicyclic) bond motifs is 1. The van der Waals surface area contributed by atoms with Crippen molar-refractivity contribution in [2.75, 3.05) is 13.2 Å². The Morgan fingerprint density at radius 3 is 2.61 bits per heavy atom. The van der Waals surface area contributed by atoms with Gasteiger partial charge in [-0.2, -0.15) is 13.2 Å². The molecule has 0 unspecified atom stereocenters. The quantitative estimate of drug-likeness (QED) is 0.615. The molecule has 0 saturated carbocycles. The van der Waals surface area contributed by atoms with Crippen LogP contribution in [0, 0.1) is 0 Å². The molecular formula is C16H15F3N4O5. The monoisotopic (exact) mass is 400 g/mol. The molecule has 0 aliphatic heterocycles. The number of esters is 1. The number of halogens is 3. The zero-order valence-corrected chi connectivity index (χ0v) is 14.3. The third kappa shape index (κ3) is 6.70. The van der Waals surface area contributed by atoms with Crippen molar-refractivity contribution in [2.24, 2.45) is 0 Å². The number of urea groups is 1. The van der Waals surface area contributed by atoms with E-state index in [0.29, 0.717) is 10.9 Å². The molecule has 12 heteroatoms. The highest BCUT2D eigenvalue weighted by atomic mass is 19.4. The van der Waals surface area contributed by atoms with Gasteiger partial charge in [0, 0.05) is 6.42 Å². The Labute approximate surface area is 155 Å². The molecule has 1 heterocycles. The average Bonchev–Trinajstić information content (AvgIpc) is 2.62. The van der Waals surface area contributed by atoms with Crippen LogP contribution < -0.4 is 16.2 Å². The van der Waals surface area contributed by atoms with Crippen LogP contribution in [0.4, 0.5) is 18.0 Å². The predicted molar refractivity (Wildman–Crippen MR) is 89.2 cm³/mol. The average molecular weight is 400 g/mol. The van der Waals surface area contributed by atoms with Crippen LogP contribution in [-0.2, 0) is 20.7 Å². The number of aromatic amines is 1. The van der Waals surface area contributed by atoms with E-state index in [2.05, 4.69) is 14.7 Å². The van der Waals surface area contributed by atoms with Gasteiger partial charge in [0.2, 0.25) is 0 Å². The highest BCUT2D eigenvalue weighted by molar-refractivity contribution is 5.95. The van der Waals surface area contributed by atoms with Crippen LogP contribution in [0.25, 0.3) is 10.9 Å². The van der Waals surface area contributed by atoms with E-state index in [1.807, 2.05) is 0 Å². The molecular weight excluding hydrogens is 385 g/mol. The second kappa shape index (κ2) is 8.97. The Balaban J connectivity index is 1.76. The molecule has 0 aliphatic carbocycles. The molecule has 1 aromatic carbocycles. The minimum Gasteiger partial charge on any atom is -0.456 e. The van der Waals surface area contributed by atoms with Crippen molar-refractivity contribution in [1.82, 2.24) is 20.6 Å². The summed E-state index contributed by atoms with van der Waals surface area (Å²) in [5, 5.41) is 3.41. The largest absolute Gasteiger partial charge is 0.456 e. The second-order valence-electron chi connectivity index (χ2n) is 5.54. The molecule has 1 aromatic heterocycles. The number of rotatable bonds is 6. The normalized spacial score (nSPS) is 11.1. The van der Waals surface area contributed by atoms with Crippen LogP contribution >= 0.6 is 0 Å². The Kier molecular flexibility index (Phi) is 6.69. The van der Waals surface area contributed by atoms with Gasteiger partial charge in [-0.15, -0.1) is 0 Å². The SMILES string of the molecule is O=C(COC(=O)CCc1nc2ccccc2c(=O)[nH]1)NC(=O)NCC(F)(F)F. The molecule has 2 rings (SSSR count). The fourth-order valence-corrected chi connectivity index (χ4v) is 2.08. The van der Waals surface area contributed by atoms with Gasteiger partial charge < -0.3 is 15.0 Å². The molecule has 3 N–H and O–H groups in total. The summed E-state index contributed by atoms with van der Waals surface area (Å²) in [5.41, 5.74) is 0.0945. The predicted octanol–water partition coefficient (Wildman–Crippen LogP) is 0.787. The lowest BCUT2D eigenvalue weighted by atomic mass is 10.2. The summed E-state index contributed by atoms with van der Waals surface area (Å²) in [7, 11) is 0. The second-order valence-corrected chi connectivity index (χ2v) is 5.54. The fraction of sp³-hybridized carbons (Fsp3) is 0.312. The number of aromatic nitrogens is 2. The van der Waals surface area contributed by atoms with Gasteiger partial charge in [0.25, 0.3) is 11.5 Å². The maximum absolute atomic E-state index is 11.9. The number of nitrogens with one attached hydrogen (secondary N) is 3. The van der Waals surface area contributed by atoms with Crippen LogP contribution in [0.3, 0.4) is 0 Å². The van der Waals surface area contributed by atoms with E-state index in [9.17, 15) is 32.3 Å². The number of ether oxygens (including phenoxy) is 1. The maximum atomic E-state index is 11.9. The molecule has 0 radical (unpaired) electrons. The summed E-state index contributed by atoms with van der Waals surface area (Å²) in [6.07, 6.45) is -4.80. The van der Waals surface area contributed by atoms with Gasteiger partial charge in [-0.25, -0.2) is 9.78 Å². The first-order valence-corrected chi connectivity index (χ1v) is 7.92. The summed E-state index contributed by atoms with van der Waals surface area (Å²) in [4.78, 5) is 52.7. The molecule has 0 saturated heterocycles. The summed E-state index contributed by atoms with van der Waals surface area (Å²) in [6, 6.07) is 5.26. The van der Waals surface area contributed by atoms with E-state index >= 15 is 0 Å². The van der Waals surface area contributed by atoms with Crippen molar-refractivity contribution in [3.8, 4) is 0 Å². The Bertz CT molecular complexity index is 942. The van der Waals surface area contributed by atoms with Crippen molar-refractivity contribution in [2.45, 2.75) is 19.0 Å². The number of nitrogens with zero attached hydrogens (tertiary/aromatic N) is 1. The number of H-pyrrole nitrogens is 1. The summed E-state index contributed by atoms with van der Waals surface area (Å²) in [6.45, 7) is -2.46. The van der Waals surface area contributed by atoms with Crippen LogP contribution in [0.15, 0.2) is 29.1 Å². The van der Waals surface area contributed by atoms with E-state index in [1.165, 1.54) is 5.32 Å². The zero-order valence-electron chi connectivity index (χ0n) is 14.3. The topological polar surface area (TPSA) is 130 Å². The number of aryl methyl sites for hydroxylation is 1. The van der Waals surface area contributed by atoms with Crippen molar-refractivity contribution < 1.29 is 32.3 Å². The lowest BCUT2D eigenvalue weighted by Crippen LogP contribution is -2.44. The third-order valence-corrected chi connectivity index (χ3v) is 3.29. The maximum Gasteiger partial charge on any atom is 0.405 e. The van der Waals surface area contributed by atoms with E-state index < -0.39 is 37.2 Å². The van der Waals surface area contributed by atoms with Crippen molar-refractivity contribution in [3.63, 3.8) is 0 Å². The number of carbonyl (C=O) groups is 3. The standard InChI is InChI=1S/C16H15F3N4O5/c17-16(18,19)8-20-15(27)23-12(24)7-28-13(25)6-5-11-21-10-4-2-1-3-9(10)14(26)22-11/h1-4H,5-8H2,(H,21,22,26)(H2,20,23,24,27). The molecule has 2 aromatic rings. The molecule has 0 spiro atoms. The number of imide groups is 1. The van der Waals surface area contributed by atoms with E-state index in [4.69, 9.17) is 0 Å². The lowest BCUT2D eigenvalue weighted by Gasteiger charge is -2.09. The fourth-order valence-electron chi connectivity index (χ4n) is 2.08. The number of amides is 3. The van der Waals surface area contributed by atoms with Gasteiger partial charge in [0.1, 0.15) is 12.4 Å². The van der Waals surface area contributed by atoms with Gasteiger partial charge >= 0.3 is 18.2 Å². The summed E-state index contributed by atoms with van der Waals surface area (Å²) in [5.74, 6) is -1.66. The molecule has 150 valence electrons. The molecule has 0 fully saturated rings. The number of benzene rings is 1. The molecule has 3 amide bonds. The first-order valence-electron chi connectivity index (χ1n) is 7.92. The smallest absolute Gasteiger partial charge is 0.405 e. The van der Waals surface area contributed by atoms with Gasteiger partial charge in [-0.05, 0) is 12.1 Å². The lowest BCUT2D eigenvalue weighted by molar-refractivity contribution is -0.148. The molecule has 9 nitrogen and oxygen atoms in total. The summed E-state index contributed by atoms with van der Waals surface area (Å²) >= 11 is 0. The van der Waals surface area contributed by atoms with Crippen LogP contribution in [-0.4, -0.2) is 47.2 Å².